The normalized spacial score (nSPS) is 12.9. The van der Waals surface area contributed by atoms with Crippen molar-refractivity contribution in [2.45, 2.75) is 47.0 Å². The van der Waals surface area contributed by atoms with Crippen LogP contribution in [0.5, 0.6) is 0 Å². The first-order chi connectivity index (χ1) is 7.29. The fourth-order valence-electron chi connectivity index (χ4n) is 2.07. The third-order valence-electron chi connectivity index (χ3n) is 3.27. The van der Waals surface area contributed by atoms with Crippen LogP contribution in [0.2, 0.25) is 0 Å². The molecule has 0 spiro atoms. The van der Waals surface area contributed by atoms with Crippen LogP contribution in [0.15, 0.2) is 0 Å². The van der Waals surface area contributed by atoms with E-state index in [9.17, 15) is 0 Å². The summed E-state index contributed by atoms with van der Waals surface area (Å²) in [6.45, 7) is 13.4. The summed E-state index contributed by atoms with van der Waals surface area (Å²) in [5, 5.41) is 1.36. The van der Waals surface area contributed by atoms with Crippen molar-refractivity contribution in [1.29, 1.82) is 0 Å². The predicted molar refractivity (Wildman–Crippen MR) is 77.4 cm³/mol. The van der Waals surface area contributed by atoms with Gasteiger partial charge in [-0.25, -0.2) is 0 Å². The summed E-state index contributed by atoms with van der Waals surface area (Å²) in [6.07, 6.45) is 0. The Balaban J connectivity index is 3.41. The van der Waals surface area contributed by atoms with Crippen LogP contribution in [0.1, 0.15) is 43.0 Å². The van der Waals surface area contributed by atoms with Crippen LogP contribution in [0, 0.1) is 26.8 Å². The summed E-state index contributed by atoms with van der Waals surface area (Å²) in [4.78, 5) is 0. The summed E-state index contributed by atoms with van der Waals surface area (Å²) >= 11 is 0. The minimum atomic E-state index is -0.541. The minimum Gasteiger partial charge on any atom is -0.465 e. The Hall–Kier alpha value is -0.386. The summed E-state index contributed by atoms with van der Waals surface area (Å²) in [5.74, 6) is 0. The molecule has 0 saturated carbocycles. The SMILES string of the molecule is Cc1c([SiH2]O[SiH3])[c]c(C(C)(C)C)c(C)c1C. The van der Waals surface area contributed by atoms with Gasteiger partial charge in [0.2, 0.25) is 0 Å². The van der Waals surface area contributed by atoms with Gasteiger partial charge in [0.05, 0.1) is 0 Å². The van der Waals surface area contributed by atoms with Gasteiger partial charge in [-0.3, -0.25) is 0 Å². The lowest BCUT2D eigenvalue weighted by Crippen LogP contribution is -2.26. The smallest absolute Gasteiger partial charge is 0.179 e. The monoisotopic (exact) mass is 251 g/mol. The standard InChI is InChI=1S/C13H23OSi2/c1-8-9(2)11(13(4,5)6)7-12(10(8)3)16-14-15/h16H2,1-6,15H3. The van der Waals surface area contributed by atoms with Gasteiger partial charge < -0.3 is 4.12 Å². The molecular weight excluding hydrogens is 228 g/mol. The molecule has 0 amide bonds. The highest BCUT2D eigenvalue weighted by Crippen LogP contribution is 2.27. The van der Waals surface area contributed by atoms with Gasteiger partial charge in [-0.1, -0.05) is 20.8 Å². The number of hydrogen-bond acceptors (Lipinski definition) is 1. The van der Waals surface area contributed by atoms with Gasteiger partial charge in [0.15, 0.2) is 9.76 Å². The lowest BCUT2D eigenvalue weighted by Gasteiger charge is -2.25. The van der Waals surface area contributed by atoms with E-state index >= 15 is 0 Å². The van der Waals surface area contributed by atoms with E-state index in [1.165, 1.54) is 27.4 Å². The molecule has 0 atom stereocenters. The van der Waals surface area contributed by atoms with E-state index in [1.54, 1.807) is 0 Å². The van der Waals surface area contributed by atoms with Gasteiger partial charge in [-0.2, -0.15) is 0 Å². The molecule has 0 N–H and O–H groups in total. The summed E-state index contributed by atoms with van der Waals surface area (Å²) in [7, 11) is 0.306. The van der Waals surface area contributed by atoms with Crippen LogP contribution in [-0.2, 0) is 9.53 Å². The van der Waals surface area contributed by atoms with Crippen molar-refractivity contribution in [1.82, 2.24) is 0 Å². The Labute approximate surface area is 105 Å². The molecule has 16 heavy (non-hydrogen) atoms. The number of benzene rings is 1. The van der Waals surface area contributed by atoms with E-state index in [4.69, 9.17) is 4.12 Å². The number of hydrogen-bond donors (Lipinski definition) is 0. The molecule has 0 heterocycles. The molecule has 1 radical (unpaired) electrons. The van der Waals surface area contributed by atoms with Crippen LogP contribution in [0.3, 0.4) is 0 Å². The summed E-state index contributed by atoms with van der Waals surface area (Å²) in [5.41, 5.74) is 5.75. The zero-order chi connectivity index (χ0) is 12.5. The Morgan fingerprint density at radius 1 is 1.06 bits per heavy atom. The van der Waals surface area contributed by atoms with Crippen LogP contribution < -0.4 is 5.19 Å². The van der Waals surface area contributed by atoms with Gasteiger partial charge in [-0.15, -0.1) is 0 Å². The van der Waals surface area contributed by atoms with E-state index in [1.807, 2.05) is 0 Å². The molecule has 1 nitrogen and oxygen atoms in total. The predicted octanol–water partition coefficient (Wildman–Crippen LogP) is 0.716. The zero-order valence-electron chi connectivity index (χ0n) is 11.6. The topological polar surface area (TPSA) is 9.23 Å². The van der Waals surface area contributed by atoms with E-state index in [0.717, 1.165) is 10.5 Å². The summed E-state index contributed by atoms with van der Waals surface area (Å²) in [6, 6.07) is 3.62. The Morgan fingerprint density at radius 2 is 1.62 bits per heavy atom. The van der Waals surface area contributed by atoms with Crippen LogP contribution >= 0.6 is 0 Å². The molecule has 3 heteroatoms. The molecule has 0 aliphatic heterocycles. The van der Waals surface area contributed by atoms with Gasteiger partial charge in [0.25, 0.3) is 0 Å². The maximum absolute atomic E-state index is 5.52. The van der Waals surface area contributed by atoms with Gasteiger partial charge in [0, 0.05) is 0 Å². The molecule has 0 unspecified atom stereocenters. The van der Waals surface area contributed by atoms with Crippen molar-refractivity contribution in [2.24, 2.45) is 0 Å². The lowest BCUT2D eigenvalue weighted by molar-refractivity contribution is 0.584. The second-order valence-corrected chi connectivity index (χ2v) is 8.84. The molecule has 89 valence electrons. The maximum Gasteiger partial charge on any atom is 0.179 e. The molecule has 1 aromatic rings. The maximum atomic E-state index is 5.52. The Morgan fingerprint density at radius 3 is 2.06 bits per heavy atom. The molecule has 1 rings (SSSR count). The molecular formula is C13H23OSi2. The van der Waals surface area contributed by atoms with E-state index in [0.29, 0.717) is 0 Å². The van der Waals surface area contributed by atoms with Crippen molar-refractivity contribution in [3.05, 3.63) is 28.3 Å². The molecule has 1 aromatic carbocycles. The minimum absolute atomic E-state index is 0.177. The first-order valence-corrected chi connectivity index (χ1v) is 7.90. The number of rotatable bonds is 2. The first kappa shape index (κ1) is 13.7. The van der Waals surface area contributed by atoms with E-state index in [-0.39, 0.29) is 5.41 Å². The van der Waals surface area contributed by atoms with Crippen LogP contribution in [0.25, 0.3) is 0 Å². The third kappa shape index (κ3) is 2.65. The fourth-order valence-corrected chi connectivity index (χ4v) is 3.96. The highest BCUT2D eigenvalue weighted by molar-refractivity contribution is 6.51. The molecule has 0 aliphatic carbocycles. The molecule has 0 aromatic heterocycles. The van der Waals surface area contributed by atoms with Gasteiger partial charge >= 0.3 is 0 Å². The molecule has 0 fully saturated rings. The molecule has 0 aliphatic rings. The largest absolute Gasteiger partial charge is 0.465 e. The average molecular weight is 251 g/mol. The van der Waals surface area contributed by atoms with Gasteiger partial charge in [-0.05, 0) is 59.7 Å². The average Bonchev–Trinajstić information content (AvgIpc) is 2.17. The van der Waals surface area contributed by atoms with Crippen molar-refractivity contribution in [2.75, 3.05) is 0 Å². The first-order valence-electron chi connectivity index (χ1n) is 5.80. The van der Waals surface area contributed by atoms with Crippen molar-refractivity contribution < 1.29 is 4.12 Å². The quantitative estimate of drug-likeness (QED) is 0.704. The van der Waals surface area contributed by atoms with Crippen molar-refractivity contribution in [3.8, 4) is 0 Å². The third-order valence-corrected chi connectivity index (χ3v) is 5.42. The van der Waals surface area contributed by atoms with Crippen molar-refractivity contribution in [3.63, 3.8) is 0 Å². The fraction of sp³-hybridized carbons (Fsp3) is 0.538. The lowest BCUT2D eigenvalue weighted by atomic mass is 9.82. The molecule has 0 saturated heterocycles. The highest BCUT2D eigenvalue weighted by Gasteiger charge is 2.20. The van der Waals surface area contributed by atoms with Crippen LogP contribution in [0.4, 0.5) is 0 Å². The summed E-state index contributed by atoms with van der Waals surface area (Å²) < 4.78 is 5.52. The highest BCUT2D eigenvalue weighted by atomic mass is 28.3. The zero-order valence-corrected chi connectivity index (χ0v) is 15.0. The second-order valence-electron chi connectivity index (χ2n) is 5.54. The van der Waals surface area contributed by atoms with E-state index < -0.39 is 9.76 Å². The second kappa shape index (κ2) is 4.86. The van der Waals surface area contributed by atoms with Crippen molar-refractivity contribution >= 4 is 25.4 Å². The van der Waals surface area contributed by atoms with Gasteiger partial charge in [0.1, 0.15) is 10.5 Å². The van der Waals surface area contributed by atoms with E-state index in [2.05, 4.69) is 47.6 Å². The van der Waals surface area contributed by atoms with Crippen LogP contribution in [-0.4, -0.2) is 20.2 Å². The Bertz CT molecular complexity index is 392. The molecule has 0 bridgehead atoms. The Kier molecular flexibility index (Phi) is 4.15.